The molecule has 1 heterocycles. The van der Waals surface area contributed by atoms with E-state index in [1.807, 2.05) is 67.3 Å². The van der Waals surface area contributed by atoms with E-state index in [4.69, 9.17) is 9.47 Å². The Balaban J connectivity index is 0.00000280. The van der Waals surface area contributed by atoms with Crippen LogP contribution in [0.4, 0.5) is 0 Å². The molecule has 1 unspecified atom stereocenters. The molecular weight excluding hydrogens is 376 g/mol. The van der Waals surface area contributed by atoms with Crippen LogP contribution in [0.5, 0.6) is 5.75 Å². The Labute approximate surface area is 173 Å². The molecule has 0 spiro atoms. The topological polar surface area (TPSA) is 50.8 Å². The van der Waals surface area contributed by atoms with Crippen LogP contribution in [0, 0.1) is 0 Å². The van der Waals surface area contributed by atoms with Gasteiger partial charge in [0.25, 0.3) is 5.91 Å². The summed E-state index contributed by atoms with van der Waals surface area (Å²) < 4.78 is 11.1. The van der Waals surface area contributed by atoms with E-state index in [0.29, 0.717) is 25.3 Å². The zero-order chi connectivity index (χ0) is 19.2. The van der Waals surface area contributed by atoms with Crippen LogP contribution < -0.4 is 10.1 Å². The summed E-state index contributed by atoms with van der Waals surface area (Å²) in [6.07, 6.45) is 0.189. The van der Waals surface area contributed by atoms with Crippen molar-refractivity contribution in [2.75, 3.05) is 26.7 Å². The molecule has 5 nitrogen and oxygen atoms in total. The number of hydrogen-bond acceptors (Lipinski definition) is 4. The largest absolute Gasteiger partial charge is 0.496 e. The van der Waals surface area contributed by atoms with Gasteiger partial charge in [-0.15, -0.1) is 12.4 Å². The van der Waals surface area contributed by atoms with Crippen molar-refractivity contribution in [1.29, 1.82) is 0 Å². The fourth-order valence-electron chi connectivity index (χ4n) is 3.34. The predicted octanol–water partition coefficient (Wildman–Crippen LogP) is 3.83. The van der Waals surface area contributed by atoms with Crippen LogP contribution in [-0.2, 0) is 11.3 Å². The van der Waals surface area contributed by atoms with Crippen LogP contribution in [0.2, 0.25) is 0 Å². The second-order valence-corrected chi connectivity index (χ2v) is 7.02. The van der Waals surface area contributed by atoms with Crippen molar-refractivity contribution in [2.24, 2.45) is 0 Å². The number of halogens is 1. The van der Waals surface area contributed by atoms with Gasteiger partial charge in [0.05, 0.1) is 25.9 Å². The molecule has 1 aliphatic heterocycles. The van der Waals surface area contributed by atoms with Gasteiger partial charge in [-0.2, -0.15) is 0 Å². The fraction of sp³-hybridized carbons (Fsp3) is 0.409. The van der Waals surface area contributed by atoms with Gasteiger partial charge in [-0.1, -0.05) is 30.3 Å². The molecular formula is C22H29ClN2O3. The molecule has 1 amide bonds. The van der Waals surface area contributed by atoms with Crippen LogP contribution in [-0.4, -0.2) is 43.7 Å². The number of piperazine rings is 1. The molecule has 28 heavy (non-hydrogen) atoms. The summed E-state index contributed by atoms with van der Waals surface area (Å²) >= 11 is 0. The van der Waals surface area contributed by atoms with Gasteiger partial charge in [0.1, 0.15) is 5.75 Å². The first-order chi connectivity index (χ1) is 13.1. The third-order valence-electron chi connectivity index (χ3n) is 4.79. The molecule has 2 aromatic rings. The number of methoxy groups -OCH3 is 1. The third-order valence-corrected chi connectivity index (χ3v) is 4.79. The van der Waals surface area contributed by atoms with E-state index in [1.54, 1.807) is 7.11 Å². The van der Waals surface area contributed by atoms with E-state index in [9.17, 15) is 4.79 Å². The molecule has 1 atom stereocenters. The van der Waals surface area contributed by atoms with Crippen molar-refractivity contribution in [2.45, 2.75) is 32.6 Å². The molecule has 1 fully saturated rings. The maximum Gasteiger partial charge on any atom is 0.254 e. The Morgan fingerprint density at radius 1 is 1.18 bits per heavy atom. The zero-order valence-electron chi connectivity index (χ0n) is 16.7. The zero-order valence-corrected chi connectivity index (χ0v) is 17.5. The first-order valence-electron chi connectivity index (χ1n) is 9.45. The molecule has 0 radical (unpaired) electrons. The second-order valence-electron chi connectivity index (χ2n) is 7.02. The van der Waals surface area contributed by atoms with E-state index in [1.165, 1.54) is 0 Å². The number of para-hydroxylation sites is 1. The fourth-order valence-corrected chi connectivity index (χ4v) is 3.34. The standard InChI is InChI=1S/C22H28N2O3.ClH/c1-16(2)27-15-17-8-10-18(11-9-17)22(25)24-13-12-23-14-20(24)19-6-4-5-7-21(19)26-3;/h4-11,16,20,23H,12-15H2,1-3H3;1H. The molecule has 1 N–H and O–H groups in total. The van der Waals surface area contributed by atoms with Gasteiger partial charge in [0.2, 0.25) is 0 Å². The molecule has 0 bridgehead atoms. The smallest absolute Gasteiger partial charge is 0.254 e. The van der Waals surface area contributed by atoms with Gasteiger partial charge in [0, 0.05) is 30.8 Å². The third kappa shape index (κ3) is 5.25. The number of benzene rings is 2. The molecule has 0 aliphatic carbocycles. The first-order valence-corrected chi connectivity index (χ1v) is 9.45. The summed E-state index contributed by atoms with van der Waals surface area (Å²) in [6, 6.07) is 15.6. The maximum absolute atomic E-state index is 13.2. The summed E-state index contributed by atoms with van der Waals surface area (Å²) in [5.41, 5.74) is 2.80. The predicted molar refractivity (Wildman–Crippen MR) is 113 cm³/mol. The molecule has 1 saturated heterocycles. The number of carbonyl (C=O) groups excluding carboxylic acids is 1. The van der Waals surface area contributed by atoms with E-state index < -0.39 is 0 Å². The highest BCUT2D eigenvalue weighted by molar-refractivity contribution is 5.94. The monoisotopic (exact) mass is 404 g/mol. The van der Waals surface area contributed by atoms with E-state index in [2.05, 4.69) is 5.32 Å². The summed E-state index contributed by atoms with van der Waals surface area (Å²) in [5, 5.41) is 3.39. The number of nitrogens with zero attached hydrogens (tertiary/aromatic N) is 1. The van der Waals surface area contributed by atoms with Crippen LogP contribution >= 0.6 is 12.4 Å². The van der Waals surface area contributed by atoms with Gasteiger partial charge in [-0.3, -0.25) is 4.79 Å². The highest BCUT2D eigenvalue weighted by atomic mass is 35.5. The number of rotatable bonds is 6. The Morgan fingerprint density at radius 2 is 1.89 bits per heavy atom. The highest BCUT2D eigenvalue weighted by Crippen LogP contribution is 2.31. The minimum atomic E-state index is -0.0497. The lowest BCUT2D eigenvalue weighted by molar-refractivity contribution is 0.0627. The average molecular weight is 405 g/mol. The van der Waals surface area contributed by atoms with Gasteiger partial charge in [-0.05, 0) is 37.6 Å². The lowest BCUT2D eigenvalue weighted by Gasteiger charge is -2.37. The van der Waals surface area contributed by atoms with Crippen molar-refractivity contribution in [1.82, 2.24) is 10.2 Å². The molecule has 0 aromatic heterocycles. The van der Waals surface area contributed by atoms with Crippen LogP contribution in [0.25, 0.3) is 0 Å². The Hall–Kier alpha value is -2.08. The second kappa shape index (κ2) is 10.5. The van der Waals surface area contributed by atoms with Crippen LogP contribution in [0.1, 0.15) is 41.4 Å². The van der Waals surface area contributed by atoms with Crippen molar-refractivity contribution in [3.63, 3.8) is 0 Å². The molecule has 152 valence electrons. The minimum Gasteiger partial charge on any atom is -0.496 e. The number of carbonyl (C=O) groups is 1. The van der Waals surface area contributed by atoms with E-state index >= 15 is 0 Å². The van der Waals surface area contributed by atoms with Gasteiger partial charge >= 0.3 is 0 Å². The first kappa shape index (κ1) is 22.2. The van der Waals surface area contributed by atoms with Gasteiger partial charge < -0.3 is 19.7 Å². The van der Waals surface area contributed by atoms with E-state index in [0.717, 1.165) is 23.4 Å². The average Bonchev–Trinajstić information content (AvgIpc) is 2.72. The molecule has 2 aromatic carbocycles. The van der Waals surface area contributed by atoms with Gasteiger partial charge in [0.15, 0.2) is 0 Å². The van der Waals surface area contributed by atoms with Crippen molar-refractivity contribution in [3.05, 3.63) is 65.2 Å². The minimum absolute atomic E-state index is 0. The quantitative estimate of drug-likeness (QED) is 0.795. The Kier molecular flexibility index (Phi) is 8.30. The lowest BCUT2D eigenvalue weighted by atomic mass is 10.0. The molecule has 0 saturated carbocycles. The SMILES string of the molecule is COc1ccccc1C1CNCCN1C(=O)c1ccc(COC(C)C)cc1.Cl. The van der Waals surface area contributed by atoms with Crippen molar-refractivity contribution < 1.29 is 14.3 Å². The lowest BCUT2D eigenvalue weighted by Crippen LogP contribution is -2.48. The highest BCUT2D eigenvalue weighted by Gasteiger charge is 2.30. The number of ether oxygens (including phenoxy) is 2. The number of hydrogen-bond donors (Lipinski definition) is 1. The summed E-state index contributed by atoms with van der Waals surface area (Å²) in [5.74, 6) is 0.855. The molecule has 1 aliphatic rings. The Bertz CT molecular complexity index is 765. The van der Waals surface area contributed by atoms with Crippen LogP contribution in [0.15, 0.2) is 48.5 Å². The van der Waals surface area contributed by atoms with Crippen LogP contribution in [0.3, 0.4) is 0 Å². The normalized spacial score (nSPS) is 16.6. The molecule has 3 rings (SSSR count). The Morgan fingerprint density at radius 3 is 2.57 bits per heavy atom. The summed E-state index contributed by atoms with van der Waals surface area (Å²) in [7, 11) is 1.67. The number of amides is 1. The van der Waals surface area contributed by atoms with Crippen molar-refractivity contribution >= 4 is 18.3 Å². The van der Waals surface area contributed by atoms with E-state index in [-0.39, 0.29) is 30.5 Å². The summed E-state index contributed by atoms with van der Waals surface area (Å²) in [6.45, 7) is 6.76. The maximum atomic E-state index is 13.2. The van der Waals surface area contributed by atoms with Gasteiger partial charge in [-0.25, -0.2) is 0 Å². The van der Waals surface area contributed by atoms with Crippen molar-refractivity contribution in [3.8, 4) is 5.75 Å². The summed E-state index contributed by atoms with van der Waals surface area (Å²) in [4.78, 5) is 15.1. The molecule has 6 heteroatoms. The number of nitrogens with one attached hydrogen (secondary N) is 1.